The predicted octanol–water partition coefficient (Wildman–Crippen LogP) is 3.18. The van der Waals surface area contributed by atoms with Gasteiger partial charge in [-0.1, -0.05) is 33.6 Å². The standard InChI is InChI=1S/C16H32N2OS/c1-4-10-18-16(15(17)19)9-6-7-14(16)8-11-20-12-13(3)5-2/h13-14,18H,4-12H2,1-3H3,(H2,17,19). The van der Waals surface area contributed by atoms with E-state index < -0.39 is 5.54 Å². The van der Waals surface area contributed by atoms with Crippen molar-refractivity contribution in [2.75, 3.05) is 18.1 Å². The Hall–Kier alpha value is -0.220. The summed E-state index contributed by atoms with van der Waals surface area (Å²) >= 11 is 2.03. The second-order valence-corrected chi connectivity index (χ2v) is 7.38. The van der Waals surface area contributed by atoms with Gasteiger partial charge in [-0.3, -0.25) is 4.79 Å². The number of carbonyl (C=O) groups excluding carboxylic acids is 1. The SMILES string of the molecule is CCCNC1(C(N)=O)CCCC1CCSCC(C)CC. The maximum Gasteiger partial charge on any atom is 0.238 e. The van der Waals surface area contributed by atoms with Gasteiger partial charge in [0.2, 0.25) is 5.91 Å². The molecule has 20 heavy (non-hydrogen) atoms. The molecule has 1 aliphatic rings. The van der Waals surface area contributed by atoms with Crippen LogP contribution in [0.4, 0.5) is 0 Å². The van der Waals surface area contributed by atoms with Crippen molar-refractivity contribution in [3.8, 4) is 0 Å². The number of hydrogen-bond donors (Lipinski definition) is 2. The summed E-state index contributed by atoms with van der Waals surface area (Å²) in [5.41, 5.74) is 5.31. The highest BCUT2D eigenvalue weighted by Gasteiger charge is 2.46. The molecule has 4 heteroatoms. The van der Waals surface area contributed by atoms with Gasteiger partial charge in [-0.15, -0.1) is 0 Å². The van der Waals surface area contributed by atoms with E-state index in [-0.39, 0.29) is 5.91 Å². The largest absolute Gasteiger partial charge is 0.368 e. The summed E-state index contributed by atoms with van der Waals surface area (Å²) in [6.07, 6.45) is 6.60. The average molecular weight is 301 g/mol. The van der Waals surface area contributed by atoms with Crippen LogP contribution >= 0.6 is 11.8 Å². The first-order chi connectivity index (χ1) is 9.56. The molecule has 3 atom stereocenters. The zero-order chi connectivity index (χ0) is 15.0. The Morgan fingerprint density at radius 2 is 2.25 bits per heavy atom. The van der Waals surface area contributed by atoms with Crippen LogP contribution in [0.15, 0.2) is 0 Å². The van der Waals surface area contributed by atoms with E-state index in [9.17, 15) is 4.79 Å². The van der Waals surface area contributed by atoms with Crippen molar-refractivity contribution in [1.82, 2.24) is 5.32 Å². The maximum absolute atomic E-state index is 12.0. The fourth-order valence-electron chi connectivity index (χ4n) is 3.09. The minimum absolute atomic E-state index is 0.139. The number of nitrogens with one attached hydrogen (secondary N) is 1. The maximum atomic E-state index is 12.0. The second kappa shape index (κ2) is 8.93. The molecule has 0 aliphatic heterocycles. The number of nitrogens with two attached hydrogens (primary N) is 1. The van der Waals surface area contributed by atoms with Gasteiger partial charge in [0.15, 0.2) is 0 Å². The molecule has 0 saturated heterocycles. The van der Waals surface area contributed by atoms with Crippen molar-refractivity contribution in [1.29, 1.82) is 0 Å². The Morgan fingerprint density at radius 1 is 1.50 bits per heavy atom. The fraction of sp³-hybridized carbons (Fsp3) is 0.938. The Kier molecular flexibility index (Phi) is 7.96. The van der Waals surface area contributed by atoms with Crippen LogP contribution in [-0.2, 0) is 4.79 Å². The van der Waals surface area contributed by atoms with Crippen molar-refractivity contribution in [2.45, 2.75) is 64.8 Å². The van der Waals surface area contributed by atoms with Crippen LogP contribution in [0.1, 0.15) is 59.3 Å². The van der Waals surface area contributed by atoms with Crippen LogP contribution in [0, 0.1) is 11.8 Å². The van der Waals surface area contributed by atoms with Gasteiger partial charge >= 0.3 is 0 Å². The molecule has 0 aromatic carbocycles. The van der Waals surface area contributed by atoms with Crippen LogP contribution < -0.4 is 11.1 Å². The van der Waals surface area contributed by atoms with Crippen LogP contribution in [0.5, 0.6) is 0 Å². The van der Waals surface area contributed by atoms with Crippen molar-refractivity contribution in [3.05, 3.63) is 0 Å². The number of amides is 1. The van der Waals surface area contributed by atoms with Crippen molar-refractivity contribution < 1.29 is 4.79 Å². The normalized spacial score (nSPS) is 27.6. The Morgan fingerprint density at radius 3 is 2.85 bits per heavy atom. The summed E-state index contributed by atoms with van der Waals surface area (Å²) in [7, 11) is 0. The van der Waals surface area contributed by atoms with E-state index in [0.29, 0.717) is 5.92 Å². The summed E-state index contributed by atoms with van der Waals surface area (Å²) in [5, 5.41) is 3.47. The van der Waals surface area contributed by atoms with Gasteiger partial charge in [0, 0.05) is 0 Å². The molecule has 3 N–H and O–H groups in total. The third-order valence-corrected chi connectivity index (χ3v) is 5.99. The first-order valence-corrected chi connectivity index (χ1v) is 9.35. The zero-order valence-electron chi connectivity index (χ0n) is 13.4. The first-order valence-electron chi connectivity index (χ1n) is 8.19. The molecule has 0 radical (unpaired) electrons. The van der Waals surface area contributed by atoms with Crippen molar-refractivity contribution in [2.24, 2.45) is 17.6 Å². The van der Waals surface area contributed by atoms with E-state index in [1.807, 2.05) is 11.8 Å². The van der Waals surface area contributed by atoms with Crippen LogP contribution in [-0.4, -0.2) is 29.5 Å². The van der Waals surface area contributed by atoms with Crippen LogP contribution in [0.25, 0.3) is 0 Å². The lowest BCUT2D eigenvalue weighted by Crippen LogP contribution is -2.58. The molecule has 0 spiro atoms. The number of primary amides is 1. The van der Waals surface area contributed by atoms with Crippen molar-refractivity contribution >= 4 is 17.7 Å². The van der Waals surface area contributed by atoms with Crippen LogP contribution in [0.2, 0.25) is 0 Å². The highest BCUT2D eigenvalue weighted by molar-refractivity contribution is 7.99. The minimum atomic E-state index is -0.424. The van der Waals surface area contributed by atoms with E-state index in [1.165, 1.54) is 12.2 Å². The zero-order valence-corrected chi connectivity index (χ0v) is 14.2. The summed E-state index contributed by atoms with van der Waals surface area (Å²) < 4.78 is 0. The minimum Gasteiger partial charge on any atom is -0.368 e. The lowest BCUT2D eigenvalue weighted by molar-refractivity contribution is -0.126. The lowest BCUT2D eigenvalue weighted by Gasteiger charge is -2.33. The Labute approximate surface area is 128 Å². The quantitative estimate of drug-likeness (QED) is 0.609. The molecule has 1 aliphatic carbocycles. The molecule has 0 aromatic heterocycles. The van der Waals surface area contributed by atoms with E-state index in [4.69, 9.17) is 5.73 Å². The van der Waals surface area contributed by atoms with E-state index in [0.717, 1.165) is 50.3 Å². The molecular weight excluding hydrogens is 268 g/mol. The highest BCUT2D eigenvalue weighted by atomic mass is 32.2. The molecule has 3 nitrogen and oxygen atoms in total. The van der Waals surface area contributed by atoms with E-state index in [2.05, 4.69) is 26.1 Å². The van der Waals surface area contributed by atoms with E-state index >= 15 is 0 Å². The van der Waals surface area contributed by atoms with Gasteiger partial charge in [-0.2, -0.15) is 11.8 Å². The third-order valence-electron chi connectivity index (χ3n) is 4.66. The Bertz CT molecular complexity index is 298. The molecule has 1 fully saturated rings. The average Bonchev–Trinajstić information content (AvgIpc) is 2.85. The lowest BCUT2D eigenvalue weighted by atomic mass is 9.84. The van der Waals surface area contributed by atoms with Gasteiger partial charge in [-0.25, -0.2) is 0 Å². The highest BCUT2D eigenvalue weighted by Crippen LogP contribution is 2.38. The van der Waals surface area contributed by atoms with Crippen molar-refractivity contribution in [3.63, 3.8) is 0 Å². The molecule has 118 valence electrons. The van der Waals surface area contributed by atoms with Gasteiger partial charge in [0.25, 0.3) is 0 Å². The van der Waals surface area contributed by atoms with Gasteiger partial charge in [0.05, 0.1) is 0 Å². The molecule has 1 amide bonds. The molecule has 0 bridgehead atoms. The molecule has 1 rings (SSSR count). The number of rotatable bonds is 10. The van der Waals surface area contributed by atoms with Gasteiger partial charge in [0.1, 0.15) is 5.54 Å². The summed E-state index contributed by atoms with van der Waals surface area (Å²) in [6.45, 7) is 7.57. The molecular formula is C16H32N2OS. The summed E-state index contributed by atoms with van der Waals surface area (Å²) in [6, 6.07) is 0. The fourth-order valence-corrected chi connectivity index (χ4v) is 4.34. The number of carbonyl (C=O) groups is 1. The topological polar surface area (TPSA) is 55.1 Å². The smallest absolute Gasteiger partial charge is 0.238 e. The van der Waals surface area contributed by atoms with Crippen LogP contribution in [0.3, 0.4) is 0 Å². The second-order valence-electron chi connectivity index (χ2n) is 6.23. The summed E-state index contributed by atoms with van der Waals surface area (Å²) in [4.78, 5) is 12.0. The van der Waals surface area contributed by atoms with Gasteiger partial charge < -0.3 is 11.1 Å². The summed E-state index contributed by atoms with van der Waals surface area (Å²) in [5.74, 6) is 3.46. The van der Waals surface area contributed by atoms with E-state index in [1.54, 1.807) is 0 Å². The number of hydrogen-bond acceptors (Lipinski definition) is 3. The first kappa shape index (κ1) is 17.8. The third kappa shape index (κ3) is 4.66. The van der Waals surface area contributed by atoms with Gasteiger partial charge in [-0.05, 0) is 55.6 Å². The molecule has 1 saturated carbocycles. The molecule has 0 aromatic rings. The number of thioether (sulfide) groups is 1. The monoisotopic (exact) mass is 300 g/mol. The predicted molar refractivity (Wildman–Crippen MR) is 89.0 cm³/mol. The molecule has 3 unspecified atom stereocenters. The Balaban J connectivity index is 2.47. The molecule has 0 heterocycles.